The zero-order chi connectivity index (χ0) is 19.0. The van der Waals surface area contributed by atoms with Gasteiger partial charge in [-0.2, -0.15) is 0 Å². The van der Waals surface area contributed by atoms with Crippen LogP contribution in [-0.4, -0.2) is 49.4 Å². The van der Waals surface area contributed by atoms with Crippen LogP contribution in [0.3, 0.4) is 0 Å². The van der Waals surface area contributed by atoms with E-state index in [1.54, 1.807) is 17.9 Å². The number of rotatable bonds is 6. The highest BCUT2D eigenvalue weighted by atomic mass is 16.5. The van der Waals surface area contributed by atoms with E-state index in [2.05, 4.69) is 10.1 Å². The van der Waals surface area contributed by atoms with Gasteiger partial charge in [0, 0.05) is 32.6 Å². The Kier molecular flexibility index (Phi) is 6.95. The van der Waals surface area contributed by atoms with Gasteiger partial charge >= 0.3 is 5.97 Å². The van der Waals surface area contributed by atoms with Crippen molar-refractivity contribution in [3.8, 4) is 0 Å². The highest BCUT2D eigenvalue weighted by Gasteiger charge is 2.43. The van der Waals surface area contributed by atoms with Gasteiger partial charge in [-0.15, -0.1) is 0 Å². The molecule has 1 aliphatic heterocycles. The summed E-state index contributed by atoms with van der Waals surface area (Å²) in [5.74, 6) is -0.396. The predicted molar refractivity (Wildman–Crippen MR) is 98.4 cm³/mol. The normalized spacial score (nSPS) is 16.3. The van der Waals surface area contributed by atoms with Crippen LogP contribution in [0.4, 0.5) is 0 Å². The van der Waals surface area contributed by atoms with E-state index in [0.717, 1.165) is 5.56 Å². The van der Waals surface area contributed by atoms with Gasteiger partial charge in [0.25, 0.3) is 0 Å². The van der Waals surface area contributed by atoms with Crippen molar-refractivity contribution in [3.63, 3.8) is 0 Å². The van der Waals surface area contributed by atoms with E-state index in [0.29, 0.717) is 38.9 Å². The van der Waals surface area contributed by atoms with Crippen LogP contribution in [0.15, 0.2) is 42.5 Å². The molecule has 1 fully saturated rings. The Morgan fingerprint density at radius 1 is 1.19 bits per heavy atom. The fourth-order valence-electron chi connectivity index (χ4n) is 3.29. The van der Waals surface area contributed by atoms with Gasteiger partial charge in [-0.25, -0.2) is 4.79 Å². The monoisotopic (exact) mass is 358 g/mol. The number of likely N-dealkylation sites (tertiary alicyclic amines) is 1. The Hall–Kier alpha value is -2.63. The van der Waals surface area contributed by atoms with Crippen LogP contribution < -0.4 is 5.32 Å². The second-order valence-corrected chi connectivity index (χ2v) is 6.42. The average molecular weight is 358 g/mol. The molecular weight excluding hydrogens is 332 g/mol. The molecule has 6 nitrogen and oxygen atoms in total. The number of hydrogen-bond acceptors (Lipinski definition) is 4. The third kappa shape index (κ3) is 4.71. The Morgan fingerprint density at radius 3 is 2.42 bits per heavy atom. The summed E-state index contributed by atoms with van der Waals surface area (Å²) in [6.07, 6.45) is 4.77. The fraction of sp³-hybridized carbons (Fsp3) is 0.450. The van der Waals surface area contributed by atoms with Crippen LogP contribution in [0.5, 0.6) is 0 Å². The molecule has 0 radical (unpaired) electrons. The quantitative estimate of drug-likeness (QED) is 0.478. The Labute approximate surface area is 154 Å². The first-order valence-electron chi connectivity index (χ1n) is 8.83. The van der Waals surface area contributed by atoms with E-state index in [1.165, 1.54) is 13.2 Å². The number of nitrogens with zero attached hydrogens (tertiary/aromatic N) is 1. The summed E-state index contributed by atoms with van der Waals surface area (Å²) in [7, 11) is 1.32. The molecule has 0 bridgehead atoms. The number of piperidine rings is 1. The Balaban J connectivity index is 2.05. The van der Waals surface area contributed by atoms with Gasteiger partial charge in [0.1, 0.15) is 0 Å². The molecule has 2 rings (SSSR count). The van der Waals surface area contributed by atoms with Gasteiger partial charge in [-0.1, -0.05) is 36.4 Å². The van der Waals surface area contributed by atoms with Crippen molar-refractivity contribution in [2.45, 2.75) is 31.6 Å². The molecule has 1 aliphatic rings. The van der Waals surface area contributed by atoms with E-state index >= 15 is 0 Å². The minimum Gasteiger partial charge on any atom is -0.466 e. The minimum absolute atomic E-state index is 0.0293. The molecule has 1 N–H and O–H groups in total. The summed E-state index contributed by atoms with van der Waals surface area (Å²) in [4.78, 5) is 37.5. The number of methoxy groups -OCH3 is 1. The minimum atomic E-state index is -0.626. The summed E-state index contributed by atoms with van der Waals surface area (Å²) in [5.41, 5.74) is 0.352. The Morgan fingerprint density at radius 2 is 1.85 bits per heavy atom. The summed E-state index contributed by atoms with van der Waals surface area (Å²) in [6, 6.07) is 9.74. The number of benzene rings is 1. The molecule has 1 aromatic carbocycles. The highest BCUT2D eigenvalue weighted by molar-refractivity contribution is 5.89. The number of amides is 2. The first kappa shape index (κ1) is 19.7. The average Bonchev–Trinajstić information content (AvgIpc) is 2.67. The molecule has 0 spiro atoms. The van der Waals surface area contributed by atoms with Gasteiger partial charge in [0.05, 0.1) is 12.5 Å². The zero-order valence-electron chi connectivity index (χ0n) is 15.4. The molecule has 0 aliphatic carbocycles. The van der Waals surface area contributed by atoms with E-state index < -0.39 is 11.4 Å². The molecular formula is C20H26N2O4. The van der Waals surface area contributed by atoms with Gasteiger partial charge in [-0.3, -0.25) is 9.59 Å². The maximum absolute atomic E-state index is 13.0. The second kappa shape index (κ2) is 9.17. The third-order valence-corrected chi connectivity index (χ3v) is 4.88. The SMILES string of the molecule is COC(=O)/C=C/CCNC(=O)C1(c2ccccc2)CCN(C(C)=O)CC1. The van der Waals surface area contributed by atoms with Gasteiger partial charge in [-0.05, 0) is 24.8 Å². The first-order chi connectivity index (χ1) is 12.5. The summed E-state index contributed by atoms with van der Waals surface area (Å²) < 4.78 is 4.53. The molecule has 1 heterocycles. The number of carbonyl (C=O) groups is 3. The van der Waals surface area contributed by atoms with Gasteiger partial charge in [0.2, 0.25) is 11.8 Å². The van der Waals surface area contributed by atoms with Gasteiger partial charge < -0.3 is 15.0 Å². The van der Waals surface area contributed by atoms with Crippen molar-refractivity contribution in [3.05, 3.63) is 48.0 Å². The van der Waals surface area contributed by atoms with Crippen LogP contribution >= 0.6 is 0 Å². The number of esters is 1. The second-order valence-electron chi connectivity index (χ2n) is 6.42. The molecule has 26 heavy (non-hydrogen) atoms. The van der Waals surface area contributed by atoms with Crippen LogP contribution in [0.2, 0.25) is 0 Å². The molecule has 0 saturated carbocycles. The summed E-state index contributed by atoms with van der Waals surface area (Å²) in [5, 5.41) is 2.98. The van der Waals surface area contributed by atoms with Crippen LogP contribution in [-0.2, 0) is 24.5 Å². The lowest BCUT2D eigenvalue weighted by molar-refractivity contribution is -0.135. The van der Waals surface area contributed by atoms with Crippen LogP contribution in [0.25, 0.3) is 0 Å². The van der Waals surface area contributed by atoms with Crippen molar-refractivity contribution in [1.82, 2.24) is 10.2 Å². The topological polar surface area (TPSA) is 75.7 Å². The highest BCUT2D eigenvalue weighted by Crippen LogP contribution is 2.36. The maximum atomic E-state index is 13.0. The third-order valence-electron chi connectivity index (χ3n) is 4.88. The van der Waals surface area contributed by atoms with Crippen molar-refractivity contribution < 1.29 is 19.1 Å². The van der Waals surface area contributed by atoms with E-state index in [4.69, 9.17) is 0 Å². The molecule has 6 heteroatoms. The first-order valence-corrected chi connectivity index (χ1v) is 8.83. The summed E-state index contributed by atoms with van der Waals surface area (Å²) >= 11 is 0. The van der Waals surface area contributed by atoms with Gasteiger partial charge in [0.15, 0.2) is 0 Å². The fourth-order valence-corrected chi connectivity index (χ4v) is 3.29. The van der Waals surface area contributed by atoms with Crippen molar-refractivity contribution in [2.24, 2.45) is 0 Å². The molecule has 0 aromatic heterocycles. The standard InChI is InChI=1S/C20H26N2O4/c1-16(23)22-14-11-20(12-15-22,17-8-4-3-5-9-17)19(25)21-13-7-6-10-18(24)26-2/h3-6,8-10H,7,11-15H2,1-2H3,(H,21,25)/b10-6+. The molecule has 0 unspecified atom stereocenters. The number of carbonyl (C=O) groups excluding carboxylic acids is 3. The Bertz CT molecular complexity index is 662. The molecule has 0 atom stereocenters. The zero-order valence-corrected chi connectivity index (χ0v) is 15.4. The summed E-state index contributed by atoms with van der Waals surface area (Å²) in [6.45, 7) is 3.14. The molecule has 2 amide bonds. The lowest BCUT2D eigenvalue weighted by Crippen LogP contribution is -2.52. The predicted octanol–water partition coefficient (Wildman–Crippen LogP) is 1.80. The molecule has 1 saturated heterocycles. The molecule has 140 valence electrons. The van der Waals surface area contributed by atoms with E-state index in [9.17, 15) is 14.4 Å². The molecule has 1 aromatic rings. The van der Waals surface area contributed by atoms with Crippen molar-refractivity contribution in [1.29, 1.82) is 0 Å². The smallest absolute Gasteiger partial charge is 0.330 e. The number of ether oxygens (including phenoxy) is 1. The largest absolute Gasteiger partial charge is 0.466 e. The van der Waals surface area contributed by atoms with E-state index in [-0.39, 0.29) is 11.8 Å². The lowest BCUT2D eigenvalue weighted by Gasteiger charge is -2.40. The number of nitrogens with one attached hydrogen (secondary N) is 1. The maximum Gasteiger partial charge on any atom is 0.330 e. The lowest BCUT2D eigenvalue weighted by atomic mass is 9.72. The van der Waals surface area contributed by atoms with Crippen LogP contribution in [0.1, 0.15) is 31.7 Å². The van der Waals surface area contributed by atoms with Crippen molar-refractivity contribution >= 4 is 17.8 Å². The van der Waals surface area contributed by atoms with Crippen LogP contribution in [0, 0.1) is 0 Å². The van der Waals surface area contributed by atoms with Crippen molar-refractivity contribution in [2.75, 3.05) is 26.7 Å². The van der Waals surface area contributed by atoms with E-state index in [1.807, 2.05) is 30.3 Å². The number of hydrogen-bond donors (Lipinski definition) is 1.